The highest BCUT2D eigenvalue weighted by molar-refractivity contribution is 5.79. The number of ether oxygens (including phenoxy) is 2. The number of benzene rings is 2. The number of nitrogens with one attached hydrogen (secondary N) is 1. The third kappa shape index (κ3) is 8.55. The van der Waals surface area contributed by atoms with Gasteiger partial charge < -0.3 is 24.8 Å². The maximum Gasteiger partial charge on any atom is 0.409 e. The Morgan fingerprint density at radius 1 is 0.976 bits per heavy atom. The number of rotatable bonds is 12. The number of alkyl carbamates (subject to hydrolysis) is 1. The van der Waals surface area contributed by atoms with Crippen molar-refractivity contribution in [2.45, 2.75) is 51.6 Å². The smallest absolute Gasteiger partial charge is 0.409 e. The molecule has 1 aromatic heterocycles. The van der Waals surface area contributed by atoms with Crippen molar-refractivity contribution in [3.05, 3.63) is 89.7 Å². The van der Waals surface area contributed by atoms with E-state index in [-0.39, 0.29) is 50.9 Å². The summed E-state index contributed by atoms with van der Waals surface area (Å²) in [5.74, 6) is -1.21. The van der Waals surface area contributed by atoms with Crippen molar-refractivity contribution in [3.63, 3.8) is 0 Å². The lowest BCUT2D eigenvalue weighted by molar-refractivity contribution is -0.137. The molecule has 0 saturated carbocycles. The molecule has 222 valence electrons. The zero-order valence-electron chi connectivity index (χ0n) is 24.4. The molecular formula is C33H39N3O6. The average Bonchev–Trinajstić information content (AvgIpc) is 3.27. The Morgan fingerprint density at radius 3 is 2.19 bits per heavy atom. The number of hydrogen-bond acceptors (Lipinski definition) is 6. The summed E-state index contributed by atoms with van der Waals surface area (Å²) >= 11 is 0. The predicted molar refractivity (Wildman–Crippen MR) is 159 cm³/mol. The lowest BCUT2D eigenvalue weighted by Crippen LogP contribution is -2.42. The standard InChI is InChI=1S/C33H39N3O6/c1-33(2,3)42-31(39)35-20-24(19-23-14-16-34-17-15-23)21-36(18-8-13-30(37)38)32(40)41-22-29-27-11-6-4-9-25(27)26-10-5-7-12-28(26)29/h4-7,9-12,14-17,24,29H,8,13,18-22H2,1-3H3,(H,35,39)(H,37,38). The predicted octanol–water partition coefficient (Wildman–Crippen LogP) is 5.88. The maximum atomic E-state index is 13.5. The first-order chi connectivity index (χ1) is 20.1. The molecule has 1 aliphatic carbocycles. The van der Waals surface area contributed by atoms with E-state index in [1.54, 1.807) is 38.1 Å². The third-order valence-corrected chi connectivity index (χ3v) is 7.10. The number of amides is 2. The number of aromatic nitrogens is 1. The Bertz CT molecular complexity index is 1330. The molecule has 9 heteroatoms. The van der Waals surface area contributed by atoms with Gasteiger partial charge in [0.2, 0.25) is 0 Å². The lowest BCUT2D eigenvalue weighted by Gasteiger charge is -2.28. The third-order valence-electron chi connectivity index (χ3n) is 7.10. The van der Waals surface area contributed by atoms with E-state index in [0.717, 1.165) is 27.8 Å². The normalized spacial score (nSPS) is 13.0. The molecule has 0 spiro atoms. The lowest BCUT2D eigenvalue weighted by atomic mass is 9.98. The van der Waals surface area contributed by atoms with Crippen molar-refractivity contribution in [2.24, 2.45) is 5.92 Å². The van der Waals surface area contributed by atoms with Crippen LogP contribution in [0, 0.1) is 5.92 Å². The summed E-state index contributed by atoms with van der Waals surface area (Å²) in [6.07, 6.45) is 3.11. The Balaban J connectivity index is 1.48. The summed E-state index contributed by atoms with van der Waals surface area (Å²) in [7, 11) is 0. The van der Waals surface area contributed by atoms with E-state index in [1.165, 1.54) is 0 Å². The van der Waals surface area contributed by atoms with Gasteiger partial charge in [-0.2, -0.15) is 0 Å². The van der Waals surface area contributed by atoms with Crippen LogP contribution in [0.3, 0.4) is 0 Å². The SMILES string of the molecule is CC(C)(C)OC(=O)NCC(Cc1ccncc1)CN(CCCC(=O)O)C(=O)OCC1c2ccccc2-c2ccccc21. The Kier molecular flexibility index (Phi) is 10.2. The molecule has 0 bridgehead atoms. The van der Waals surface area contributed by atoms with Crippen LogP contribution in [0.5, 0.6) is 0 Å². The van der Waals surface area contributed by atoms with Crippen molar-refractivity contribution >= 4 is 18.2 Å². The van der Waals surface area contributed by atoms with Crippen molar-refractivity contribution in [1.82, 2.24) is 15.2 Å². The first-order valence-electron chi connectivity index (χ1n) is 14.3. The Morgan fingerprint density at radius 2 is 1.60 bits per heavy atom. The van der Waals surface area contributed by atoms with Gasteiger partial charge >= 0.3 is 18.2 Å². The quantitative estimate of drug-likeness (QED) is 0.278. The van der Waals surface area contributed by atoms with E-state index in [0.29, 0.717) is 6.42 Å². The van der Waals surface area contributed by atoms with Crippen LogP contribution in [0.15, 0.2) is 73.1 Å². The zero-order chi connectivity index (χ0) is 30.1. The molecule has 2 amide bonds. The fraction of sp³-hybridized carbons (Fsp3) is 0.394. The van der Waals surface area contributed by atoms with E-state index in [4.69, 9.17) is 9.47 Å². The van der Waals surface area contributed by atoms with E-state index in [9.17, 15) is 19.5 Å². The molecule has 1 aliphatic rings. The molecule has 2 N–H and O–H groups in total. The van der Waals surface area contributed by atoms with Gasteiger partial charge in [0.05, 0.1) is 0 Å². The molecule has 0 saturated heterocycles. The van der Waals surface area contributed by atoms with Crippen molar-refractivity contribution < 1.29 is 29.0 Å². The highest BCUT2D eigenvalue weighted by Crippen LogP contribution is 2.44. The molecule has 3 aromatic rings. The van der Waals surface area contributed by atoms with Crippen LogP contribution >= 0.6 is 0 Å². The summed E-state index contributed by atoms with van der Waals surface area (Å²) < 4.78 is 11.3. The summed E-state index contributed by atoms with van der Waals surface area (Å²) in [5.41, 5.74) is 4.85. The van der Waals surface area contributed by atoms with Crippen LogP contribution in [-0.4, -0.2) is 65.0 Å². The molecule has 1 heterocycles. The van der Waals surface area contributed by atoms with E-state index in [2.05, 4.69) is 34.6 Å². The summed E-state index contributed by atoms with van der Waals surface area (Å²) in [4.78, 5) is 42.8. The number of fused-ring (bicyclic) bond motifs is 3. The second-order valence-electron chi connectivity index (χ2n) is 11.6. The second kappa shape index (κ2) is 14.0. The van der Waals surface area contributed by atoms with Gasteiger partial charge in [0.15, 0.2) is 0 Å². The first kappa shape index (κ1) is 30.6. The second-order valence-corrected chi connectivity index (χ2v) is 11.6. The molecule has 9 nitrogen and oxygen atoms in total. The minimum atomic E-state index is -0.928. The number of carboxylic acids is 1. The minimum Gasteiger partial charge on any atom is -0.481 e. The highest BCUT2D eigenvalue weighted by Gasteiger charge is 2.30. The molecule has 42 heavy (non-hydrogen) atoms. The molecule has 2 aromatic carbocycles. The fourth-order valence-corrected chi connectivity index (χ4v) is 5.27. The molecule has 1 unspecified atom stereocenters. The number of aliphatic carboxylic acids is 1. The van der Waals surface area contributed by atoms with Gasteiger partial charge in [-0.05, 0) is 79.5 Å². The van der Waals surface area contributed by atoms with Crippen molar-refractivity contribution in [3.8, 4) is 11.1 Å². The van der Waals surface area contributed by atoms with Gasteiger partial charge in [0.1, 0.15) is 12.2 Å². The molecule has 0 radical (unpaired) electrons. The van der Waals surface area contributed by atoms with Gasteiger partial charge in [-0.1, -0.05) is 48.5 Å². The Hall–Kier alpha value is -4.40. The summed E-state index contributed by atoms with van der Waals surface area (Å²) in [6, 6.07) is 20.0. The van der Waals surface area contributed by atoms with Gasteiger partial charge in [-0.25, -0.2) is 9.59 Å². The van der Waals surface area contributed by atoms with E-state index in [1.807, 2.05) is 36.4 Å². The monoisotopic (exact) mass is 573 g/mol. The largest absolute Gasteiger partial charge is 0.481 e. The van der Waals surface area contributed by atoms with Gasteiger partial charge in [0, 0.05) is 44.4 Å². The number of hydrogen-bond donors (Lipinski definition) is 2. The average molecular weight is 574 g/mol. The van der Waals surface area contributed by atoms with Crippen LogP contribution in [-0.2, 0) is 20.7 Å². The molecule has 0 aliphatic heterocycles. The molecule has 0 fully saturated rings. The number of carbonyl (C=O) groups is 3. The molecular weight excluding hydrogens is 534 g/mol. The summed E-state index contributed by atoms with van der Waals surface area (Å²) in [5, 5.41) is 12.0. The Labute approximate surface area is 246 Å². The van der Waals surface area contributed by atoms with Crippen LogP contribution in [0.4, 0.5) is 9.59 Å². The topological polar surface area (TPSA) is 118 Å². The van der Waals surface area contributed by atoms with Crippen LogP contribution in [0.1, 0.15) is 56.2 Å². The van der Waals surface area contributed by atoms with Gasteiger partial charge in [-0.3, -0.25) is 9.78 Å². The summed E-state index contributed by atoms with van der Waals surface area (Å²) in [6.45, 7) is 6.26. The van der Waals surface area contributed by atoms with Crippen molar-refractivity contribution in [2.75, 3.05) is 26.2 Å². The number of carbonyl (C=O) groups excluding carboxylic acids is 2. The van der Waals surface area contributed by atoms with E-state index < -0.39 is 23.8 Å². The van der Waals surface area contributed by atoms with Crippen LogP contribution in [0.25, 0.3) is 11.1 Å². The van der Waals surface area contributed by atoms with E-state index >= 15 is 0 Å². The first-order valence-corrected chi connectivity index (χ1v) is 14.3. The highest BCUT2D eigenvalue weighted by atomic mass is 16.6. The number of pyridine rings is 1. The van der Waals surface area contributed by atoms with Crippen LogP contribution in [0.2, 0.25) is 0 Å². The molecule has 4 rings (SSSR count). The van der Waals surface area contributed by atoms with Gasteiger partial charge in [-0.15, -0.1) is 0 Å². The maximum absolute atomic E-state index is 13.5. The fourth-order valence-electron chi connectivity index (χ4n) is 5.27. The molecule has 1 atom stereocenters. The van der Waals surface area contributed by atoms with Crippen LogP contribution < -0.4 is 5.32 Å². The number of carboxylic acid groups (broad SMARTS) is 1. The van der Waals surface area contributed by atoms with Gasteiger partial charge in [0.25, 0.3) is 0 Å². The zero-order valence-corrected chi connectivity index (χ0v) is 24.4. The minimum absolute atomic E-state index is 0.0711. The van der Waals surface area contributed by atoms with Crippen molar-refractivity contribution in [1.29, 1.82) is 0 Å². The number of nitrogens with zero attached hydrogens (tertiary/aromatic N) is 2.